The molecule has 2 N–H and O–H groups in total. The summed E-state index contributed by atoms with van der Waals surface area (Å²) in [5.41, 5.74) is 0. The average Bonchev–Trinajstić information content (AvgIpc) is 2.56. The second kappa shape index (κ2) is 7.38. The van der Waals surface area contributed by atoms with E-state index >= 15 is 0 Å². The summed E-state index contributed by atoms with van der Waals surface area (Å²) in [6, 6.07) is 1.64. The Labute approximate surface area is 130 Å². The molecule has 3 heterocycles. The van der Waals surface area contributed by atoms with Gasteiger partial charge in [0, 0.05) is 51.4 Å². The molecule has 5 heteroatoms. The minimum absolute atomic E-state index is 0.794. The summed E-state index contributed by atoms with van der Waals surface area (Å²) in [6.45, 7) is 13.3. The number of nitrogens with two attached hydrogens (primary N) is 1. The van der Waals surface area contributed by atoms with Crippen molar-refractivity contribution in [2.24, 2.45) is 5.84 Å². The molecule has 0 unspecified atom stereocenters. The normalized spacial score (nSPS) is 30.0. The predicted molar refractivity (Wildman–Crippen MR) is 87.1 cm³/mol. The first-order chi connectivity index (χ1) is 10.3. The highest BCUT2D eigenvalue weighted by molar-refractivity contribution is 4.87. The number of rotatable bonds is 3. The van der Waals surface area contributed by atoms with E-state index in [2.05, 4.69) is 21.6 Å². The molecule has 0 aliphatic carbocycles. The Morgan fingerprint density at radius 2 is 1.19 bits per heavy atom. The van der Waals surface area contributed by atoms with E-state index < -0.39 is 0 Å². The van der Waals surface area contributed by atoms with Gasteiger partial charge in [0.05, 0.1) is 0 Å². The van der Waals surface area contributed by atoms with Crippen LogP contribution < -0.4 is 5.84 Å². The van der Waals surface area contributed by atoms with Crippen LogP contribution in [0.15, 0.2) is 0 Å². The van der Waals surface area contributed by atoms with Crippen molar-refractivity contribution >= 4 is 0 Å². The average molecular weight is 295 g/mol. The van der Waals surface area contributed by atoms with Crippen LogP contribution in [0.1, 0.15) is 32.6 Å². The van der Waals surface area contributed by atoms with E-state index in [1.165, 1.54) is 71.5 Å². The Bertz CT molecular complexity index is 300. The van der Waals surface area contributed by atoms with Crippen LogP contribution in [0.25, 0.3) is 0 Å². The van der Waals surface area contributed by atoms with E-state index in [9.17, 15) is 0 Å². The fourth-order valence-corrected chi connectivity index (χ4v) is 4.31. The fourth-order valence-electron chi connectivity index (χ4n) is 4.31. The molecule has 0 aromatic carbocycles. The lowest BCUT2D eigenvalue weighted by Crippen LogP contribution is -2.55. The van der Waals surface area contributed by atoms with Crippen molar-refractivity contribution < 1.29 is 0 Å². The summed E-state index contributed by atoms with van der Waals surface area (Å²) in [5, 5.41) is 1.98. The van der Waals surface area contributed by atoms with Crippen LogP contribution >= 0.6 is 0 Å². The number of likely N-dealkylation sites (N-methyl/N-ethyl adjacent to an activating group) is 1. The summed E-state index contributed by atoms with van der Waals surface area (Å²) < 4.78 is 0. The number of hydrogen-bond acceptors (Lipinski definition) is 5. The standard InChI is InChI=1S/C16H33N5/c1-2-18-11-13-20(14-12-18)15-3-7-19(8-4-15)16-5-9-21(17)10-6-16/h15-16H,2-14,17H2,1H3. The third-order valence-electron chi connectivity index (χ3n) is 5.89. The van der Waals surface area contributed by atoms with Crippen LogP contribution in [0.3, 0.4) is 0 Å². The minimum atomic E-state index is 0.794. The molecule has 0 aromatic heterocycles. The molecule has 0 radical (unpaired) electrons. The highest BCUT2D eigenvalue weighted by atomic mass is 15.4. The minimum Gasteiger partial charge on any atom is -0.301 e. The van der Waals surface area contributed by atoms with Gasteiger partial charge in [0.15, 0.2) is 0 Å². The largest absolute Gasteiger partial charge is 0.301 e. The summed E-state index contributed by atoms with van der Waals surface area (Å²) in [7, 11) is 0. The van der Waals surface area contributed by atoms with Gasteiger partial charge < -0.3 is 9.80 Å². The first kappa shape index (κ1) is 15.7. The van der Waals surface area contributed by atoms with Crippen LogP contribution in [-0.2, 0) is 0 Å². The maximum absolute atomic E-state index is 5.87. The van der Waals surface area contributed by atoms with Crippen LogP contribution in [0.5, 0.6) is 0 Å². The highest BCUT2D eigenvalue weighted by Gasteiger charge is 2.30. The van der Waals surface area contributed by atoms with Crippen molar-refractivity contribution in [3.8, 4) is 0 Å². The number of likely N-dealkylation sites (tertiary alicyclic amines) is 1. The Morgan fingerprint density at radius 3 is 1.71 bits per heavy atom. The van der Waals surface area contributed by atoms with Gasteiger partial charge in [-0.15, -0.1) is 0 Å². The molecule has 122 valence electrons. The van der Waals surface area contributed by atoms with E-state index in [1.807, 2.05) is 5.01 Å². The summed E-state index contributed by atoms with van der Waals surface area (Å²) in [5.74, 6) is 5.87. The maximum Gasteiger partial charge on any atom is 0.0143 e. The van der Waals surface area contributed by atoms with Crippen LogP contribution in [0.2, 0.25) is 0 Å². The van der Waals surface area contributed by atoms with Gasteiger partial charge >= 0.3 is 0 Å². The highest BCUT2D eigenvalue weighted by Crippen LogP contribution is 2.23. The lowest BCUT2D eigenvalue weighted by atomic mass is 9.97. The smallest absolute Gasteiger partial charge is 0.0143 e. The summed E-state index contributed by atoms with van der Waals surface area (Å²) in [4.78, 5) is 8.07. The lowest BCUT2D eigenvalue weighted by Gasteiger charge is -2.45. The topological polar surface area (TPSA) is 39.0 Å². The zero-order valence-corrected chi connectivity index (χ0v) is 13.7. The molecule has 3 rings (SSSR count). The van der Waals surface area contributed by atoms with Gasteiger partial charge in [-0.25, -0.2) is 5.01 Å². The first-order valence-electron chi connectivity index (χ1n) is 8.96. The quantitative estimate of drug-likeness (QED) is 0.764. The van der Waals surface area contributed by atoms with Gasteiger partial charge in [-0.2, -0.15) is 0 Å². The number of hydrazine groups is 1. The predicted octanol–water partition coefficient (Wildman–Crippen LogP) is 0.426. The molecule has 3 aliphatic heterocycles. The molecule has 3 aliphatic rings. The van der Waals surface area contributed by atoms with Gasteiger partial charge in [-0.05, 0) is 45.3 Å². The Balaban J connectivity index is 1.41. The number of piperazine rings is 1. The second-order valence-electron chi connectivity index (χ2n) is 7.00. The number of hydrogen-bond donors (Lipinski definition) is 1. The Kier molecular flexibility index (Phi) is 5.51. The summed E-state index contributed by atoms with van der Waals surface area (Å²) in [6.07, 6.45) is 5.26. The molecule has 5 nitrogen and oxygen atoms in total. The van der Waals surface area contributed by atoms with Gasteiger partial charge in [-0.3, -0.25) is 10.7 Å². The second-order valence-corrected chi connectivity index (χ2v) is 7.00. The molecule has 0 aromatic rings. The van der Waals surface area contributed by atoms with Crippen molar-refractivity contribution in [1.82, 2.24) is 19.7 Å². The van der Waals surface area contributed by atoms with Crippen LogP contribution in [0, 0.1) is 0 Å². The van der Waals surface area contributed by atoms with Gasteiger partial charge in [0.1, 0.15) is 0 Å². The molecule has 21 heavy (non-hydrogen) atoms. The fraction of sp³-hybridized carbons (Fsp3) is 1.00. The van der Waals surface area contributed by atoms with E-state index in [1.54, 1.807) is 0 Å². The molecule has 0 saturated carbocycles. The Hall–Kier alpha value is -0.200. The van der Waals surface area contributed by atoms with Crippen molar-refractivity contribution in [1.29, 1.82) is 0 Å². The Morgan fingerprint density at radius 1 is 0.714 bits per heavy atom. The molecule has 0 bridgehead atoms. The van der Waals surface area contributed by atoms with E-state index in [0.717, 1.165) is 25.2 Å². The molecule has 0 atom stereocenters. The van der Waals surface area contributed by atoms with Crippen molar-refractivity contribution in [3.63, 3.8) is 0 Å². The lowest BCUT2D eigenvalue weighted by molar-refractivity contribution is 0.0345. The third kappa shape index (κ3) is 3.96. The maximum atomic E-state index is 5.87. The molecular weight excluding hydrogens is 262 g/mol. The van der Waals surface area contributed by atoms with Crippen LogP contribution in [-0.4, -0.2) is 90.7 Å². The summed E-state index contributed by atoms with van der Waals surface area (Å²) >= 11 is 0. The first-order valence-corrected chi connectivity index (χ1v) is 8.96. The van der Waals surface area contributed by atoms with Gasteiger partial charge in [0.25, 0.3) is 0 Å². The zero-order chi connectivity index (χ0) is 14.7. The molecule has 0 spiro atoms. The number of piperidine rings is 2. The van der Waals surface area contributed by atoms with E-state index in [0.29, 0.717) is 0 Å². The van der Waals surface area contributed by atoms with Gasteiger partial charge in [-0.1, -0.05) is 6.92 Å². The molecule has 3 fully saturated rings. The van der Waals surface area contributed by atoms with Crippen molar-refractivity contribution in [2.45, 2.75) is 44.7 Å². The van der Waals surface area contributed by atoms with Crippen molar-refractivity contribution in [2.75, 3.05) is 58.9 Å². The zero-order valence-electron chi connectivity index (χ0n) is 13.7. The molecule has 0 amide bonds. The third-order valence-corrected chi connectivity index (χ3v) is 5.89. The van der Waals surface area contributed by atoms with E-state index in [-0.39, 0.29) is 0 Å². The van der Waals surface area contributed by atoms with Gasteiger partial charge in [0.2, 0.25) is 0 Å². The molecule has 3 saturated heterocycles. The van der Waals surface area contributed by atoms with Crippen molar-refractivity contribution in [3.05, 3.63) is 0 Å². The number of nitrogens with zero attached hydrogens (tertiary/aromatic N) is 4. The van der Waals surface area contributed by atoms with Crippen LogP contribution in [0.4, 0.5) is 0 Å². The monoisotopic (exact) mass is 295 g/mol. The molecular formula is C16H33N5. The van der Waals surface area contributed by atoms with E-state index in [4.69, 9.17) is 5.84 Å². The SMILES string of the molecule is CCN1CCN(C2CCN(C3CCN(N)CC3)CC2)CC1.